The Balaban J connectivity index is 1.93. The molecule has 4 nitrogen and oxygen atoms in total. The summed E-state index contributed by atoms with van der Waals surface area (Å²) in [7, 11) is 1.84. The molecule has 0 radical (unpaired) electrons. The average Bonchev–Trinajstić information content (AvgIpc) is 2.53. The number of imidazole rings is 1. The standard InChI is InChI=1S/C12H19N3O/c1-15-9-13-8-11(15)12(16)14-10-6-4-2-3-5-7-10/h8-10H,2-7H2,1H3,(H,14,16). The second-order valence-electron chi connectivity index (χ2n) is 4.55. The van der Waals surface area contributed by atoms with E-state index in [-0.39, 0.29) is 5.91 Å². The zero-order chi connectivity index (χ0) is 11.4. The summed E-state index contributed by atoms with van der Waals surface area (Å²) >= 11 is 0. The van der Waals surface area contributed by atoms with Crippen LogP contribution in [0.2, 0.25) is 0 Å². The molecule has 1 aliphatic rings. The Morgan fingerprint density at radius 1 is 1.38 bits per heavy atom. The Bertz CT molecular complexity index is 351. The van der Waals surface area contributed by atoms with Crippen LogP contribution < -0.4 is 5.32 Å². The van der Waals surface area contributed by atoms with Crippen LogP contribution in [0.25, 0.3) is 0 Å². The molecule has 1 N–H and O–H groups in total. The number of amides is 1. The zero-order valence-electron chi connectivity index (χ0n) is 9.78. The number of carbonyl (C=O) groups excluding carboxylic acids is 1. The van der Waals surface area contributed by atoms with Crippen molar-refractivity contribution in [3.05, 3.63) is 18.2 Å². The highest BCUT2D eigenvalue weighted by Gasteiger charge is 2.17. The molecule has 1 aromatic heterocycles. The molecule has 1 amide bonds. The fourth-order valence-corrected chi connectivity index (χ4v) is 2.26. The van der Waals surface area contributed by atoms with E-state index in [9.17, 15) is 4.79 Å². The number of rotatable bonds is 2. The highest BCUT2D eigenvalue weighted by Crippen LogP contribution is 2.17. The number of hydrogen-bond donors (Lipinski definition) is 1. The minimum atomic E-state index is 0.00639. The van der Waals surface area contributed by atoms with Gasteiger partial charge in [0.05, 0.1) is 12.5 Å². The SMILES string of the molecule is Cn1cncc1C(=O)NC1CCCCCC1. The second kappa shape index (κ2) is 5.14. The number of aryl methyl sites for hydroxylation is 1. The Hall–Kier alpha value is -1.32. The number of aromatic nitrogens is 2. The van der Waals surface area contributed by atoms with E-state index in [2.05, 4.69) is 10.3 Å². The summed E-state index contributed by atoms with van der Waals surface area (Å²) in [5.41, 5.74) is 0.643. The largest absolute Gasteiger partial charge is 0.348 e. The van der Waals surface area contributed by atoms with Gasteiger partial charge in [-0.05, 0) is 12.8 Å². The Kier molecular flexibility index (Phi) is 3.59. The van der Waals surface area contributed by atoms with Crippen molar-refractivity contribution in [3.63, 3.8) is 0 Å². The lowest BCUT2D eigenvalue weighted by Crippen LogP contribution is -2.35. The van der Waals surface area contributed by atoms with E-state index >= 15 is 0 Å². The van der Waals surface area contributed by atoms with Crippen LogP contribution in [-0.4, -0.2) is 21.5 Å². The van der Waals surface area contributed by atoms with Crippen molar-refractivity contribution in [3.8, 4) is 0 Å². The van der Waals surface area contributed by atoms with Gasteiger partial charge in [-0.1, -0.05) is 25.7 Å². The van der Waals surface area contributed by atoms with Gasteiger partial charge in [0, 0.05) is 13.1 Å². The number of hydrogen-bond acceptors (Lipinski definition) is 2. The van der Waals surface area contributed by atoms with Crippen molar-refractivity contribution < 1.29 is 4.79 Å². The van der Waals surface area contributed by atoms with Gasteiger partial charge in [-0.2, -0.15) is 0 Å². The van der Waals surface area contributed by atoms with Gasteiger partial charge >= 0.3 is 0 Å². The van der Waals surface area contributed by atoms with E-state index in [1.807, 2.05) is 7.05 Å². The normalized spacial score (nSPS) is 18.1. The lowest BCUT2D eigenvalue weighted by Gasteiger charge is -2.15. The lowest BCUT2D eigenvalue weighted by atomic mass is 10.1. The van der Waals surface area contributed by atoms with E-state index in [1.54, 1.807) is 17.1 Å². The summed E-state index contributed by atoms with van der Waals surface area (Å²) < 4.78 is 1.76. The van der Waals surface area contributed by atoms with Crippen molar-refractivity contribution in [2.45, 2.75) is 44.6 Å². The number of carbonyl (C=O) groups is 1. The summed E-state index contributed by atoms with van der Waals surface area (Å²) in [6.07, 6.45) is 10.6. The molecule has 0 atom stereocenters. The Morgan fingerprint density at radius 3 is 2.62 bits per heavy atom. The van der Waals surface area contributed by atoms with Crippen molar-refractivity contribution in [1.29, 1.82) is 0 Å². The van der Waals surface area contributed by atoms with Gasteiger partial charge in [-0.25, -0.2) is 4.98 Å². The molecule has 0 spiro atoms. The van der Waals surface area contributed by atoms with Gasteiger partial charge < -0.3 is 9.88 Å². The van der Waals surface area contributed by atoms with E-state index < -0.39 is 0 Å². The summed E-state index contributed by atoms with van der Waals surface area (Å²) in [4.78, 5) is 15.9. The van der Waals surface area contributed by atoms with Crippen LogP contribution in [0.1, 0.15) is 49.0 Å². The van der Waals surface area contributed by atoms with E-state index in [0.29, 0.717) is 11.7 Å². The smallest absolute Gasteiger partial charge is 0.269 e. The fourth-order valence-electron chi connectivity index (χ4n) is 2.26. The molecule has 1 fully saturated rings. The van der Waals surface area contributed by atoms with Crippen LogP contribution in [0.4, 0.5) is 0 Å². The van der Waals surface area contributed by atoms with Crippen LogP contribution in [0.3, 0.4) is 0 Å². The molecule has 1 saturated carbocycles. The van der Waals surface area contributed by atoms with Crippen LogP contribution in [0, 0.1) is 0 Å². The molecule has 4 heteroatoms. The van der Waals surface area contributed by atoms with Gasteiger partial charge in [0.15, 0.2) is 0 Å². The molecule has 1 aromatic rings. The van der Waals surface area contributed by atoms with Crippen molar-refractivity contribution in [2.75, 3.05) is 0 Å². The van der Waals surface area contributed by atoms with Crippen LogP contribution in [0.5, 0.6) is 0 Å². The quantitative estimate of drug-likeness (QED) is 0.775. The molecule has 16 heavy (non-hydrogen) atoms. The molecule has 0 aromatic carbocycles. The third-order valence-electron chi connectivity index (χ3n) is 3.24. The van der Waals surface area contributed by atoms with E-state index in [1.165, 1.54) is 25.7 Å². The molecular weight excluding hydrogens is 202 g/mol. The van der Waals surface area contributed by atoms with Crippen LogP contribution in [0.15, 0.2) is 12.5 Å². The molecule has 0 unspecified atom stereocenters. The molecule has 2 rings (SSSR count). The van der Waals surface area contributed by atoms with Gasteiger partial charge in [0.1, 0.15) is 5.69 Å². The van der Waals surface area contributed by atoms with Crippen molar-refractivity contribution >= 4 is 5.91 Å². The molecule has 1 heterocycles. The summed E-state index contributed by atoms with van der Waals surface area (Å²) in [5.74, 6) is 0.00639. The van der Waals surface area contributed by atoms with Crippen molar-refractivity contribution in [1.82, 2.24) is 14.9 Å². The van der Waals surface area contributed by atoms with Gasteiger partial charge in [0.25, 0.3) is 5.91 Å². The van der Waals surface area contributed by atoms with Gasteiger partial charge in [0.2, 0.25) is 0 Å². The maximum Gasteiger partial charge on any atom is 0.269 e. The fraction of sp³-hybridized carbons (Fsp3) is 0.667. The number of nitrogens with one attached hydrogen (secondary N) is 1. The summed E-state index contributed by atoms with van der Waals surface area (Å²) in [6, 6.07) is 0.352. The molecule has 0 aliphatic heterocycles. The Labute approximate surface area is 96.1 Å². The molecule has 88 valence electrons. The summed E-state index contributed by atoms with van der Waals surface area (Å²) in [6.45, 7) is 0. The van der Waals surface area contributed by atoms with E-state index in [0.717, 1.165) is 12.8 Å². The van der Waals surface area contributed by atoms with E-state index in [4.69, 9.17) is 0 Å². The highest BCUT2D eigenvalue weighted by atomic mass is 16.2. The zero-order valence-corrected chi connectivity index (χ0v) is 9.78. The summed E-state index contributed by atoms with van der Waals surface area (Å²) in [5, 5.41) is 3.10. The molecule has 1 aliphatic carbocycles. The Morgan fingerprint density at radius 2 is 2.06 bits per heavy atom. The van der Waals surface area contributed by atoms with Crippen molar-refractivity contribution in [2.24, 2.45) is 7.05 Å². The topological polar surface area (TPSA) is 46.9 Å². The third kappa shape index (κ3) is 2.62. The molecule has 0 bridgehead atoms. The lowest BCUT2D eigenvalue weighted by molar-refractivity contribution is 0.0925. The monoisotopic (exact) mass is 221 g/mol. The first-order chi connectivity index (χ1) is 7.77. The first-order valence-electron chi connectivity index (χ1n) is 6.04. The minimum Gasteiger partial charge on any atom is -0.348 e. The van der Waals surface area contributed by atoms with Gasteiger partial charge in [-0.15, -0.1) is 0 Å². The van der Waals surface area contributed by atoms with Gasteiger partial charge in [-0.3, -0.25) is 4.79 Å². The highest BCUT2D eigenvalue weighted by molar-refractivity contribution is 5.92. The first kappa shape index (κ1) is 11.2. The second-order valence-corrected chi connectivity index (χ2v) is 4.55. The first-order valence-corrected chi connectivity index (χ1v) is 6.04. The molecule has 0 saturated heterocycles. The maximum atomic E-state index is 11.9. The predicted molar refractivity (Wildman–Crippen MR) is 62.2 cm³/mol. The maximum absolute atomic E-state index is 11.9. The minimum absolute atomic E-state index is 0.00639. The average molecular weight is 221 g/mol. The predicted octanol–water partition coefficient (Wildman–Crippen LogP) is 1.87. The van der Waals surface area contributed by atoms with Crippen LogP contribution in [-0.2, 0) is 7.05 Å². The third-order valence-corrected chi connectivity index (χ3v) is 3.24. The number of nitrogens with zero attached hydrogens (tertiary/aromatic N) is 2. The van der Waals surface area contributed by atoms with Crippen LogP contribution >= 0.6 is 0 Å². The molecular formula is C12H19N3O.